The third kappa shape index (κ3) is 5.94. The van der Waals surface area contributed by atoms with E-state index in [1.807, 2.05) is 0 Å². The fraction of sp³-hybridized carbons (Fsp3) is 0.900. The maximum absolute atomic E-state index is 11.2. The van der Waals surface area contributed by atoms with E-state index in [1.165, 1.54) is 7.11 Å². The Morgan fingerprint density at radius 1 is 1.43 bits per heavy atom. The second-order valence-electron chi connectivity index (χ2n) is 3.59. The lowest BCUT2D eigenvalue weighted by Crippen LogP contribution is -2.37. The molecule has 0 heterocycles. The van der Waals surface area contributed by atoms with Crippen molar-refractivity contribution in [2.45, 2.75) is 32.7 Å². The van der Waals surface area contributed by atoms with Crippen LogP contribution in [0.25, 0.3) is 0 Å². The quantitative estimate of drug-likeness (QED) is 0.625. The summed E-state index contributed by atoms with van der Waals surface area (Å²) < 4.78 is 9.78. The minimum absolute atomic E-state index is 0.209. The third-order valence-electron chi connectivity index (χ3n) is 1.94. The van der Waals surface area contributed by atoms with Crippen molar-refractivity contribution in [1.82, 2.24) is 0 Å². The predicted molar refractivity (Wildman–Crippen MR) is 54.9 cm³/mol. The van der Waals surface area contributed by atoms with Crippen LogP contribution < -0.4 is 5.73 Å². The Bertz CT molecular complexity index is 161. The Kier molecular flexibility index (Phi) is 7.42. The lowest BCUT2D eigenvalue weighted by atomic mass is 10.1. The fourth-order valence-corrected chi connectivity index (χ4v) is 1.16. The van der Waals surface area contributed by atoms with Crippen LogP contribution >= 0.6 is 0 Å². The van der Waals surface area contributed by atoms with E-state index in [2.05, 4.69) is 13.8 Å². The molecule has 0 saturated heterocycles. The van der Waals surface area contributed by atoms with Crippen LogP contribution in [0.1, 0.15) is 26.7 Å². The van der Waals surface area contributed by atoms with E-state index in [0.29, 0.717) is 12.5 Å². The standard InChI is InChI=1S/C10H21NO3/c1-4-5-8(2)6-14-10(12)9(11)7-13-3/h8-9H,4-7,11H2,1-3H3. The summed E-state index contributed by atoms with van der Waals surface area (Å²) in [7, 11) is 1.51. The molecule has 0 rings (SSSR count). The molecule has 0 radical (unpaired) electrons. The number of methoxy groups -OCH3 is 1. The van der Waals surface area contributed by atoms with E-state index in [1.54, 1.807) is 0 Å². The number of carbonyl (C=O) groups excluding carboxylic acids is 1. The van der Waals surface area contributed by atoms with Gasteiger partial charge in [0, 0.05) is 7.11 Å². The summed E-state index contributed by atoms with van der Waals surface area (Å²) in [4.78, 5) is 11.2. The lowest BCUT2D eigenvalue weighted by Gasteiger charge is -2.13. The zero-order valence-electron chi connectivity index (χ0n) is 9.29. The molecule has 0 aliphatic rings. The Morgan fingerprint density at radius 3 is 2.57 bits per heavy atom. The zero-order chi connectivity index (χ0) is 11.0. The molecule has 0 saturated carbocycles. The minimum atomic E-state index is -0.658. The van der Waals surface area contributed by atoms with Gasteiger partial charge in [-0.1, -0.05) is 20.3 Å². The van der Waals surface area contributed by atoms with Crippen LogP contribution in [0.4, 0.5) is 0 Å². The predicted octanol–water partition coefficient (Wildman–Crippen LogP) is 0.940. The van der Waals surface area contributed by atoms with Crippen LogP contribution in [0.5, 0.6) is 0 Å². The van der Waals surface area contributed by atoms with Crippen LogP contribution in [-0.4, -0.2) is 32.3 Å². The SMILES string of the molecule is CCCC(C)COC(=O)C(N)COC. The molecule has 0 bridgehead atoms. The van der Waals surface area contributed by atoms with Gasteiger partial charge in [0.25, 0.3) is 0 Å². The van der Waals surface area contributed by atoms with Gasteiger partial charge in [-0.3, -0.25) is 4.79 Å². The number of esters is 1. The van der Waals surface area contributed by atoms with E-state index in [0.717, 1.165) is 12.8 Å². The van der Waals surface area contributed by atoms with Crippen LogP contribution in [-0.2, 0) is 14.3 Å². The number of hydrogen-bond donors (Lipinski definition) is 1. The molecule has 0 aromatic rings. The Labute approximate surface area is 85.8 Å². The van der Waals surface area contributed by atoms with E-state index in [-0.39, 0.29) is 12.6 Å². The lowest BCUT2D eigenvalue weighted by molar-refractivity contribution is -0.147. The molecule has 0 aliphatic carbocycles. The summed E-state index contributed by atoms with van der Waals surface area (Å²) in [6.07, 6.45) is 2.16. The summed E-state index contributed by atoms with van der Waals surface area (Å²) in [5.41, 5.74) is 5.49. The molecule has 2 unspecified atom stereocenters. The smallest absolute Gasteiger partial charge is 0.325 e. The maximum atomic E-state index is 11.2. The highest BCUT2D eigenvalue weighted by molar-refractivity contribution is 5.75. The number of rotatable bonds is 7. The average Bonchev–Trinajstić information content (AvgIpc) is 2.15. The summed E-state index contributed by atoms with van der Waals surface area (Å²) >= 11 is 0. The van der Waals surface area contributed by atoms with Crippen molar-refractivity contribution in [2.24, 2.45) is 11.7 Å². The molecule has 0 aromatic carbocycles. The van der Waals surface area contributed by atoms with Crippen LogP contribution in [0, 0.1) is 5.92 Å². The van der Waals surface area contributed by atoms with Crippen molar-refractivity contribution in [1.29, 1.82) is 0 Å². The van der Waals surface area contributed by atoms with E-state index in [9.17, 15) is 4.79 Å². The minimum Gasteiger partial charge on any atom is -0.464 e. The van der Waals surface area contributed by atoms with Gasteiger partial charge >= 0.3 is 5.97 Å². The van der Waals surface area contributed by atoms with Gasteiger partial charge in [0.05, 0.1) is 13.2 Å². The van der Waals surface area contributed by atoms with Gasteiger partial charge in [-0.05, 0) is 12.3 Å². The normalized spacial score (nSPS) is 14.9. The van der Waals surface area contributed by atoms with E-state index in [4.69, 9.17) is 15.2 Å². The van der Waals surface area contributed by atoms with Gasteiger partial charge in [0.1, 0.15) is 6.04 Å². The highest BCUT2D eigenvalue weighted by atomic mass is 16.5. The first-order valence-electron chi connectivity index (χ1n) is 5.03. The van der Waals surface area contributed by atoms with Crippen molar-refractivity contribution in [2.75, 3.05) is 20.3 Å². The summed E-state index contributed by atoms with van der Waals surface area (Å²) in [6, 6.07) is -0.658. The van der Waals surface area contributed by atoms with Gasteiger partial charge < -0.3 is 15.2 Å². The third-order valence-corrected chi connectivity index (χ3v) is 1.94. The number of ether oxygens (including phenoxy) is 2. The molecule has 0 aliphatic heterocycles. The summed E-state index contributed by atoms with van der Waals surface area (Å²) in [5, 5.41) is 0. The van der Waals surface area contributed by atoms with E-state index < -0.39 is 6.04 Å². The molecule has 0 spiro atoms. The first kappa shape index (κ1) is 13.4. The number of carbonyl (C=O) groups is 1. The van der Waals surface area contributed by atoms with Gasteiger partial charge in [-0.2, -0.15) is 0 Å². The van der Waals surface area contributed by atoms with E-state index >= 15 is 0 Å². The average molecular weight is 203 g/mol. The first-order chi connectivity index (χ1) is 6.61. The Hall–Kier alpha value is -0.610. The molecule has 0 aromatic heterocycles. The number of hydrogen-bond acceptors (Lipinski definition) is 4. The van der Waals surface area contributed by atoms with Gasteiger partial charge in [0.15, 0.2) is 0 Å². The number of nitrogens with two attached hydrogens (primary N) is 1. The Morgan fingerprint density at radius 2 is 2.07 bits per heavy atom. The molecule has 14 heavy (non-hydrogen) atoms. The molecule has 4 heteroatoms. The molecule has 2 atom stereocenters. The molecular formula is C10H21NO3. The van der Waals surface area contributed by atoms with Crippen molar-refractivity contribution in [3.63, 3.8) is 0 Å². The molecule has 0 fully saturated rings. The van der Waals surface area contributed by atoms with Crippen LogP contribution in [0.15, 0.2) is 0 Å². The molecule has 2 N–H and O–H groups in total. The molecule has 4 nitrogen and oxygen atoms in total. The Balaban J connectivity index is 3.61. The van der Waals surface area contributed by atoms with Crippen molar-refractivity contribution in [3.05, 3.63) is 0 Å². The van der Waals surface area contributed by atoms with Crippen molar-refractivity contribution in [3.8, 4) is 0 Å². The second-order valence-corrected chi connectivity index (χ2v) is 3.59. The van der Waals surface area contributed by atoms with Crippen LogP contribution in [0.2, 0.25) is 0 Å². The first-order valence-corrected chi connectivity index (χ1v) is 5.03. The maximum Gasteiger partial charge on any atom is 0.325 e. The van der Waals surface area contributed by atoms with Gasteiger partial charge in [-0.15, -0.1) is 0 Å². The van der Waals surface area contributed by atoms with Crippen molar-refractivity contribution >= 4 is 5.97 Å². The highest BCUT2D eigenvalue weighted by Gasteiger charge is 2.15. The topological polar surface area (TPSA) is 61.5 Å². The largest absolute Gasteiger partial charge is 0.464 e. The second kappa shape index (κ2) is 7.76. The van der Waals surface area contributed by atoms with Crippen LogP contribution in [0.3, 0.4) is 0 Å². The molecule has 84 valence electrons. The summed E-state index contributed by atoms with van der Waals surface area (Å²) in [6.45, 7) is 4.82. The monoisotopic (exact) mass is 203 g/mol. The molecular weight excluding hydrogens is 182 g/mol. The molecule has 0 amide bonds. The zero-order valence-corrected chi connectivity index (χ0v) is 9.29. The fourth-order valence-electron chi connectivity index (χ4n) is 1.16. The summed E-state index contributed by atoms with van der Waals surface area (Å²) in [5.74, 6) is 0.0218. The van der Waals surface area contributed by atoms with Gasteiger partial charge in [-0.25, -0.2) is 0 Å². The van der Waals surface area contributed by atoms with Crippen molar-refractivity contribution < 1.29 is 14.3 Å². The highest BCUT2D eigenvalue weighted by Crippen LogP contribution is 2.05. The van der Waals surface area contributed by atoms with Gasteiger partial charge in [0.2, 0.25) is 0 Å².